The normalized spacial score (nSPS) is 23.5. The van der Waals surface area contributed by atoms with Crippen molar-refractivity contribution in [1.82, 2.24) is 15.2 Å². The van der Waals surface area contributed by atoms with Crippen LogP contribution in [0.5, 0.6) is 0 Å². The van der Waals surface area contributed by atoms with E-state index < -0.39 is 0 Å². The van der Waals surface area contributed by atoms with Gasteiger partial charge in [0.25, 0.3) is 0 Å². The number of amides is 2. The van der Waals surface area contributed by atoms with Gasteiger partial charge in [0.2, 0.25) is 0 Å². The fourth-order valence-electron chi connectivity index (χ4n) is 2.43. The number of urea groups is 1. The SMILES string of the molecule is Nc1cccc(N2CCN3C(=O)NCC3C2)n1. The summed E-state index contributed by atoms with van der Waals surface area (Å²) in [6.45, 7) is 3.08. The summed E-state index contributed by atoms with van der Waals surface area (Å²) in [6, 6.07) is 5.94. The molecular formula is C11H15N5O. The maximum atomic E-state index is 11.5. The zero-order valence-electron chi connectivity index (χ0n) is 9.47. The van der Waals surface area contributed by atoms with Crippen molar-refractivity contribution in [2.45, 2.75) is 6.04 Å². The molecule has 3 rings (SSSR count). The highest BCUT2D eigenvalue weighted by molar-refractivity contribution is 5.77. The van der Waals surface area contributed by atoms with Crippen molar-refractivity contribution in [3.05, 3.63) is 18.2 Å². The summed E-state index contributed by atoms with van der Waals surface area (Å²) in [5.74, 6) is 1.43. The largest absolute Gasteiger partial charge is 0.384 e. The predicted molar refractivity (Wildman–Crippen MR) is 64.8 cm³/mol. The van der Waals surface area contributed by atoms with Crippen LogP contribution in [0.25, 0.3) is 0 Å². The Balaban J connectivity index is 1.77. The molecule has 2 amide bonds. The van der Waals surface area contributed by atoms with Crippen molar-refractivity contribution in [3.63, 3.8) is 0 Å². The lowest BCUT2D eigenvalue weighted by molar-refractivity contribution is 0.197. The maximum absolute atomic E-state index is 11.5. The van der Waals surface area contributed by atoms with E-state index in [1.54, 1.807) is 6.07 Å². The second kappa shape index (κ2) is 3.80. The van der Waals surface area contributed by atoms with Gasteiger partial charge in [-0.25, -0.2) is 9.78 Å². The Hall–Kier alpha value is -1.98. The zero-order valence-corrected chi connectivity index (χ0v) is 9.47. The van der Waals surface area contributed by atoms with Crippen LogP contribution in [0.15, 0.2) is 18.2 Å². The van der Waals surface area contributed by atoms with E-state index in [-0.39, 0.29) is 12.1 Å². The number of anilines is 2. The third-order valence-electron chi connectivity index (χ3n) is 3.31. The van der Waals surface area contributed by atoms with Crippen LogP contribution < -0.4 is 16.0 Å². The molecule has 3 heterocycles. The molecule has 2 aliphatic heterocycles. The van der Waals surface area contributed by atoms with E-state index in [9.17, 15) is 4.79 Å². The van der Waals surface area contributed by atoms with Crippen molar-refractivity contribution >= 4 is 17.7 Å². The van der Waals surface area contributed by atoms with Gasteiger partial charge in [-0.05, 0) is 12.1 Å². The van der Waals surface area contributed by atoms with Gasteiger partial charge in [0.15, 0.2) is 0 Å². The maximum Gasteiger partial charge on any atom is 0.317 e. The Morgan fingerprint density at radius 3 is 3.12 bits per heavy atom. The molecule has 1 aromatic rings. The van der Waals surface area contributed by atoms with Gasteiger partial charge < -0.3 is 20.9 Å². The van der Waals surface area contributed by atoms with Gasteiger partial charge in [0, 0.05) is 26.2 Å². The molecular weight excluding hydrogens is 218 g/mol. The average molecular weight is 233 g/mol. The Labute approximate surface area is 99.4 Å². The van der Waals surface area contributed by atoms with Crippen LogP contribution in [-0.2, 0) is 0 Å². The Morgan fingerprint density at radius 1 is 1.41 bits per heavy atom. The Kier molecular flexibility index (Phi) is 2.28. The molecule has 17 heavy (non-hydrogen) atoms. The molecule has 3 N–H and O–H groups in total. The standard InChI is InChI=1S/C11H15N5O/c12-9-2-1-3-10(14-9)15-4-5-16-8(7-15)6-13-11(16)17/h1-3,8H,4-7H2,(H2,12,14)(H,13,17). The Morgan fingerprint density at radius 2 is 2.29 bits per heavy atom. The minimum absolute atomic E-state index is 0.0511. The van der Waals surface area contributed by atoms with E-state index in [1.165, 1.54) is 0 Å². The first kappa shape index (κ1) is 10.2. The van der Waals surface area contributed by atoms with E-state index in [4.69, 9.17) is 5.73 Å². The number of pyridine rings is 1. The first-order chi connectivity index (χ1) is 8.24. The van der Waals surface area contributed by atoms with Gasteiger partial charge >= 0.3 is 6.03 Å². The number of aromatic nitrogens is 1. The highest BCUT2D eigenvalue weighted by Crippen LogP contribution is 2.20. The summed E-state index contributed by atoms with van der Waals surface area (Å²) in [6.07, 6.45) is 0. The lowest BCUT2D eigenvalue weighted by Crippen LogP contribution is -2.52. The molecule has 2 fully saturated rings. The molecule has 1 aromatic heterocycles. The molecule has 1 atom stereocenters. The second-order valence-corrected chi connectivity index (χ2v) is 4.40. The summed E-state index contributed by atoms with van der Waals surface area (Å²) < 4.78 is 0. The molecule has 0 spiro atoms. The molecule has 2 aliphatic rings. The number of nitrogens with two attached hydrogens (primary N) is 1. The number of nitrogens with one attached hydrogen (secondary N) is 1. The molecule has 1 unspecified atom stereocenters. The van der Waals surface area contributed by atoms with Crippen LogP contribution in [0, 0.1) is 0 Å². The number of hydrogen-bond acceptors (Lipinski definition) is 4. The van der Waals surface area contributed by atoms with Crippen molar-refractivity contribution in [2.24, 2.45) is 0 Å². The third kappa shape index (κ3) is 1.75. The highest BCUT2D eigenvalue weighted by atomic mass is 16.2. The van der Waals surface area contributed by atoms with Crippen molar-refractivity contribution in [3.8, 4) is 0 Å². The minimum Gasteiger partial charge on any atom is -0.384 e. The van der Waals surface area contributed by atoms with E-state index >= 15 is 0 Å². The number of carbonyl (C=O) groups excluding carboxylic acids is 1. The number of nitrogens with zero attached hydrogens (tertiary/aromatic N) is 3. The van der Waals surface area contributed by atoms with E-state index in [2.05, 4.69) is 15.2 Å². The molecule has 0 aromatic carbocycles. The minimum atomic E-state index is 0.0511. The molecule has 90 valence electrons. The number of carbonyl (C=O) groups is 1. The van der Waals surface area contributed by atoms with Gasteiger partial charge in [0.05, 0.1) is 6.04 Å². The predicted octanol–water partition coefficient (Wildman–Crippen LogP) is -0.122. The summed E-state index contributed by atoms with van der Waals surface area (Å²) >= 11 is 0. The van der Waals surface area contributed by atoms with Crippen LogP contribution >= 0.6 is 0 Å². The zero-order chi connectivity index (χ0) is 11.8. The van der Waals surface area contributed by atoms with Crippen LogP contribution in [0.4, 0.5) is 16.4 Å². The van der Waals surface area contributed by atoms with Gasteiger partial charge in [-0.15, -0.1) is 0 Å². The molecule has 2 saturated heterocycles. The van der Waals surface area contributed by atoms with Crippen molar-refractivity contribution in [2.75, 3.05) is 36.8 Å². The molecule has 0 aliphatic carbocycles. The summed E-state index contributed by atoms with van der Waals surface area (Å²) in [5, 5.41) is 2.86. The molecule has 6 nitrogen and oxygen atoms in total. The molecule has 0 bridgehead atoms. The quantitative estimate of drug-likeness (QED) is 0.709. The van der Waals surface area contributed by atoms with Crippen molar-refractivity contribution in [1.29, 1.82) is 0 Å². The van der Waals surface area contributed by atoms with E-state index in [0.29, 0.717) is 5.82 Å². The molecule has 6 heteroatoms. The number of hydrogen-bond donors (Lipinski definition) is 2. The van der Waals surface area contributed by atoms with Gasteiger partial charge in [-0.1, -0.05) is 6.07 Å². The number of piperazine rings is 1. The fraction of sp³-hybridized carbons (Fsp3) is 0.455. The number of fused-ring (bicyclic) bond motifs is 1. The van der Waals surface area contributed by atoms with Gasteiger partial charge in [-0.2, -0.15) is 0 Å². The Bertz CT molecular complexity index is 449. The summed E-state index contributed by atoms with van der Waals surface area (Å²) in [4.78, 5) is 19.8. The number of nitrogen functional groups attached to an aromatic ring is 1. The van der Waals surface area contributed by atoms with Crippen LogP contribution in [-0.4, -0.2) is 48.1 Å². The summed E-state index contributed by atoms with van der Waals surface area (Å²) in [5.41, 5.74) is 5.68. The molecule has 0 radical (unpaired) electrons. The monoisotopic (exact) mass is 233 g/mol. The third-order valence-corrected chi connectivity index (χ3v) is 3.31. The van der Waals surface area contributed by atoms with Crippen molar-refractivity contribution < 1.29 is 4.79 Å². The topological polar surface area (TPSA) is 74.5 Å². The van der Waals surface area contributed by atoms with Gasteiger partial charge in [0.1, 0.15) is 11.6 Å². The average Bonchev–Trinajstić information content (AvgIpc) is 2.71. The molecule has 0 saturated carbocycles. The second-order valence-electron chi connectivity index (χ2n) is 4.40. The lowest BCUT2D eigenvalue weighted by atomic mass is 10.2. The first-order valence-electron chi connectivity index (χ1n) is 5.76. The van der Waals surface area contributed by atoms with Crippen LogP contribution in [0.3, 0.4) is 0 Å². The number of rotatable bonds is 1. The van der Waals surface area contributed by atoms with Gasteiger partial charge in [-0.3, -0.25) is 0 Å². The van der Waals surface area contributed by atoms with Crippen LogP contribution in [0.2, 0.25) is 0 Å². The fourth-order valence-corrected chi connectivity index (χ4v) is 2.43. The van der Waals surface area contributed by atoms with E-state index in [1.807, 2.05) is 17.0 Å². The van der Waals surface area contributed by atoms with E-state index in [0.717, 1.165) is 32.0 Å². The summed E-state index contributed by atoms with van der Waals surface area (Å²) in [7, 11) is 0. The highest BCUT2D eigenvalue weighted by Gasteiger charge is 2.35. The first-order valence-corrected chi connectivity index (χ1v) is 5.76. The lowest BCUT2D eigenvalue weighted by Gasteiger charge is -2.37. The van der Waals surface area contributed by atoms with Crippen LogP contribution in [0.1, 0.15) is 0 Å². The smallest absolute Gasteiger partial charge is 0.317 e.